The van der Waals surface area contributed by atoms with E-state index in [1.165, 1.54) is 13.2 Å². The molecule has 1 unspecified atom stereocenters. The molecule has 1 aromatic rings. The molecule has 1 fully saturated rings. The molecule has 2 rings (SSSR count). The Kier molecular flexibility index (Phi) is 4.79. The lowest BCUT2D eigenvalue weighted by atomic mass is 10.1. The van der Waals surface area contributed by atoms with Crippen molar-refractivity contribution < 1.29 is 13.9 Å². The average Bonchev–Trinajstić information content (AvgIpc) is 3.23. The summed E-state index contributed by atoms with van der Waals surface area (Å²) in [6.45, 7) is 0.317. The van der Waals surface area contributed by atoms with E-state index in [1.807, 2.05) is 0 Å². The number of ether oxygens (including phenoxy) is 1. The quantitative estimate of drug-likeness (QED) is 0.703. The van der Waals surface area contributed by atoms with Crippen LogP contribution in [0.4, 0.5) is 10.1 Å². The molecule has 1 aliphatic rings. The second-order valence-corrected chi connectivity index (χ2v) is 4.97. The van der Waals surface area contributed by atoms with E-state index in [4.69, 9.17) is 10.5 Å². The summed E-state index contributed by atoms with van der Waals surface area (Å²) in [6.07, 6.45) is 2.41. The van der Waals surface area contributed by atoms with Crippen LogP contribution in [0.5, 0.6) is 5.75 Å². The SMILES string of the molecule is COc1cc(NC(CN)CC(=O)NC2CC2)ccc1F. The van der Waals surface area contributed by atoms with Gasteiger partial charge in [-0.2, -0.15) is 0 Å². The Morgan fingerprint density at radius 2 is 2.30 bits per heavy atom. The number of rotatable bonds is 7. The molecular formula is C14H20FN3O2. The molecule has 0 bridgehead atoms. The van der Waals surface area contributed by atoms with Gasteiger partial charge in [0.2, 0.25) is 5.91 Å². The maximum Gasteiger partial charge on any atom is 0.222 e. The molecule has 1 atom stereocenters. The van der Waals surface area contributed by atoms with Crippen LogP contribution in [0.1, 0.15) is 19.3 Å². The predicted molar refractivity (Wildman–Crippen MR) is 75.2 cm³/mol. The number of methoxy groups -OCH3 is 1. The fraction of sp³-hybridized carbons (Fsp3) is 0.500. The molecule has 0 radical (unpaired) electrons. The summed E-state index contributed by atoms with van der Waals surface area (Å²) in [5, 5.41) is 6.04. The van der Waals surface area contributed by atoms with Crippen molar-refractivity contribution in [1.29, 1.82) is 0 Å². The maximum absolute atomic E-state index is 13.3. The smallest absolute Gasteiger partial charge is 0.222 e. The summed E-state index contributed by atoms with van der Waals surface area (Å²) in [5.41, 5.74) is 6.35. The molecule has 1 saturated carbocycles. The lowest BCUT2D eigenvalue weighted by Gasteiger charge is -2.18. The van der Waals surface area contributed by atoms with Gasteiger partial charge in [-0.05, 0) is 25.0 Å². The van der Waals surface area contributed by atoms with Crippen LogP contribution in [0.25, 0.3) is 0 Å². The van der Waals surface area contributed by atoms with Gasteiger partial charge in [0.1, 0.15) is 0 Å². The molecule has 6 heteroatoms. The van der Waals surface area contributed by atoms with Crippen molar-refractivity contribution in [3.8, 4) is 5.75 Å². The summed E-state index contributed by atoms with van der Waals surface area (Å²) in [5.74, 6) is -0.272. The molecule has 1 amide bonds. The lowest BCUT2D eigenvalue weighted by molar-refractivity contribution is -0.121. The first-order chi connectivity index (χ1) is 9.62. The number of benzene rings is 1. The number of halogens is 1. The Balaban J connectivity index is 1.92. The number of hydrogen-bond donors (Lipinski definition) is 3. The van der Waals surface area contributed by atoms with Gasteiger partial charge in [-0.3, -0.25) is 4.79 Å². The third-order valence-corrected chi connectivity index (χ3v) is 3.18. The number of carbonyl (C=O) groups is 1. The minimum absolute atomic E-state index is 0.00970. The Morgan fingerprint density at radius 3 is 2.90 bits per heavy atom. The van der Waals surface area contributed by atoms with E-state index in [0.29, 0.717) is 24.7 Å². The lowest BCUT2D eigenvalue weighted by Crippen LogP contribution is -2.36. The second-order valence-electron chi connectivity index (χ2n) is 4.97. The molecule has 1 aromatic carbocycles. The van der Waals surface area contributed by atoms with Gasteiger partial charge in [-0.15, -0.1) is 0 Å². The van der Waals surface area contributed by atoms with Crippen molar-refractivity contribution in [3.05, 3.63) is 24.0 Å². The maximum atomic E-state index is 13.3. The fourth-order valence-corrected chi connectivity index (χ4v) is 1.92. The minimum Gasteiger partial charge on any atom is -0.494 e. The summed E-state index contributed by atoms with van der Waals surface area (Å²) < 4.78 is 18.2. The molecule has 4 N–H and O–H groups in total. The molecule has 110 valence electrons. The van der Waals surface area contributed by atoms with Crippen LogP contribution >= 0.6 is 0 Å². The van der Waals surface area contributed by atoms with Crippen molar-refractivity contribution in [2.24, 2.45) is 5.73 Å². The molecule has 5 nitrogen and oxygen atoms in total. The van der Waals surface area contributed by atoms with Crippen LogP contribution in [0.3, 0.4) is 0 Å². The highest BCUT2D eigenvalue weighted by atomic mass is 19.1. The molecule has 20 heavy (non-hydrogen) atoms. The van der Waals surface area contributed by atoms with E-state index in [0.717, 1.165) is 12.8 Å². The number of anilines is 1. The number of nitrogens with two attached hydrogens (primary N) is 1. The van der Waals surface area contributed by atoms with E-state index >= 15 is 0 Å². The van der Waals surface area contributed by atoms with Gasteiger partial charge < -0.3 is 21.1 Å². The van der Waals surface area contributed by atoms with E-state index in [2.05, 4.69) is 10.6 Å². The van der Waals surface area contributed by atoms with Gasteiger partial charge in [0.25, 0.3) is 0 Å². The van der Waals surface area contributed by atoms with Crippen LogP contribution in [-0.2, 0) is 4.79 Å². The standard InChI is InChI=1S/C14H20FN3O2/c1-20-13-6-10(4-5-12(13)15)17-11(8-16)7-14(19)18-9-2-3-9/h4-6,9,11,17H,2-3,7-8,16H2,1H3,(H,18,19). The largest absolute Gasteiger partial charge is 0.494 e. The van der Waals surface area contributed by atoms with Crippen molar-refractivity contribution in [1.82, 2.24) is 5.32 Å². The van der Waals surface area contributed by atoms with Gasteiger partial charge in [-0.1, -0.05) is 0 Å². The van der Waals surface area contributed by atoms with Gasteiger partial charge in [0.05, 0.1) is 7.11 Å². The zero-order valence-electron chi connectivity index (χ0n) is 11.5. The fourth-order valence-electron chi connectivity index (χ4n) is 1.92. The third-order valence-electron chi connectivity index (χ3n) is 3.18. The van der Waals surface area contributed by atoms with Gasteiger partial charge >= 0.3 is 0 Å². The Hall–Kier alpha value is -1.82. The molecule has 0 aliphatic heterocycles. The first-order valence-corrected chi connectivity index (χ1v) is 6.72. The van der Waals surface area contributed by atoms with E-state index < -0.39 is 5.82 Å². The predicted octanol–water partition coefficient (Wildman–Crippen LogP) is 1.24. The topological polar surface area (TPSA) is 76.4 Å². The normalized spacial score (nSPS) is 15.6. The Bertz CT molecular complexity index is 477. The van der Waals surface area contributed by atoms with Crippen molar-refractivity contribution in [2.75, 3.05) is 19.0 Å². The van der Waals surface area contributed by atoms with E-state index in [9.17, 15) is 9.18 Å². The average molecular weight is 281 g/mol. The van der Waals surface area contributed by atoms with Crippen LogP contribution in [0.2, 0.25) is 0 Å². The highest BCUT2D eigenvalue weighted by Gasteiger charge is 2.24. The summed E-state index contributed by atoms with van der Waals surface area (Å²) >= 11 is 0. The van der Waals surface area contributed by atoms with Crippen molar-refractivity contribution >= 4 is 11.6 Å². The van der Waals surface area contributed by atoms with Crippen molar-refractivity contribution in [3.63, 3.8) is 0 Å². The van der Waals surface area contributed by atoms with Crippen LogP contribution < -0.4 is 21.1 Å². The van der Waals surface area contributed by atoms with E-state index in [-0.39, 0.29) is 17.7 Å². The monoisotopic (exact) mass is 281 g/mol. The van der Waals surface area contributed by atoms with Gasteiger partial charge in [0, 0.05) is 36.8 Å². The van der Waals surface area contributed by atoms with Crippen molar-refractivity contribution in [2.45, 2.75) is 31.3 Å². The Morgan fingerprint density at radius 1 is 1.55 bits per heavy atom. The first-order valence-electron chi connectivity index (χ1n) is 6.72. The number of nitrogens with one attached hydrogen (secondary N) is 2. The summed E-state index contributed by atoms with van der Waals surface area (Å²) in [4.78, 5) is 11.7. The van der Waals surface area contributed by atoms with Gasteiger partial charge in [-0.25, -0.2) is 4.39 Å². The minimum atomic E-state index is -0.422. The second kappa shape index (κ2) is 6.56. The molecule has 0 heterocycles. The third kappa shape index (κ3) is 4.09. The summed E-state index contributed by atoms with van der Waals surface area (Å²) in [7, 11) is 1.41. The highest BCUT2D eigenvalue weighted by molar-refractivity contribution is 5.77. The molecule has 0 saturated heterocycles. The number of amides is 1. The molecular weight excluding hydrogens is 261 g/mol. The van der Waals surface area contributed by atoms with Gasteiger partial charge in [0.15, 0.2) is 11.6 Å². The van der Waals surface area contributed by atoms with Crippen LogP contribution in [-0.4, -0.2) is 31.6 Å². The summed E-state index contributed by atoms with van der Waals surface area (Å²) in [6, 6.07) is 4.62. The number of carbonyl (C=O) groups excluding carboxylic acids is 1. The molecule has 1 aliphatic carbocycles. The van der Waals surface area contributed by atoms with Crippen LogP contribution in [0, 0.1) is 5.82 Å². The molecule has 0 spiro atoms. The zero-order valence-corrected chi connectivity index (χ0v) is 11.5. The number of hydrogen-bond acceptors (Lipinski definition) is 4. The Labute approximate surface area is 117 Å². The zero-order chi connectivity index (χ0) is 14.5. The highest BCUT2D eigenvalue weighted by Crippen LogP contribution is 2.22. The van der Waals surface area contributed by atoms with E-state index in [1.54, 1.807) is 12.1 Å². The first kappa shape index (κ1) is 14.6. The molecule has 0 aromatic heterocycles. The van der Waals surface area contributed by atoms with Crippen LogP contribution in [0.15, 0.2) is 18.2 Å².